The average Bonchev–Trinajstić information content (AvgIpc) is 2.53. The van der Waals surface area contributed by atoms with Gasteiger partial charge in [-0.05, 0) is 43.7 Å². The molecule has 0 bridgehead atoms. The van der Waals surface area contributed by atoms with Gasteiger partial charge in [0.15, 0.2) is 0 Å². The fourth-order valence-electron chi connectivity index (χ4n) is 3.31. The molecular weight excluding hydrogens is 280 g/mol. The van der Waals surface area contributed by atoms with Gasteiger partial charge in [0.25, 0.3) is 0 Å². The van der Waals surface area contributed by atoms with Gasteiger partial charge in [-0.25, -0.2) is 0 Å². The maximum Gasteiger partial charge on any atom is 0.121 e. The summed E-state index contributed by atoms with van der Waals surface area (Å²) in [5, 5.41) is 10.1. The van der Waals surface area contributed by atoms with Crippen LogP contribution in [0, 0.1) is 19.8 Å². The van der Waals surface area contributed by atoms with E-state index in [2.05, 4.69) is 32.9 Å². The van der Waals surface area contributed by atoms with Crippen molar-refractivity contribution in [2.75, 3.05) is 0 Å². The first-order valence-electron chi connectivity index (χ1n) is 9.83. The molecule has 0 aliphatic rings. The Morgan fingerprint density at radius 2 is 1.43 bits per heavy atom. The van der Waals surface area contributed by atoms with Crippen LogP contribution in [0.5, 0.6) is 5.75 Å². The molecule has 1 rings (SSSR count). The third-order valence-corrected chi connectivity index (χ3v) is 5.11. The molecule has 0 aliphatic carbocycles. The van der Waals surface area contributed by atoms with Crippen molar-refractivity contribution >= 4 is 0 Å². The highest BCUT2D eigenvalue weighted by Gasteiger charge is 2.05. The van der Waals surface area contributed by atoms with Crippen LogP contribution in [-0.2, 0) is 6.42 Å². The Morgan fingerprint density at radius 1 is 0.870 bits per heavy atom. The molecule has 0 aromatic heterocycles. The molecule has 1 unspecified atom stereocenters. The summed E-state index contributed by atoms with van der Waals surface area (Å²) in [5.41, 5.74) is 3.40. The Bertz CT molecular complexity index is 436. The molecule has 1 heteroatoms. The second-order valence-electron chi connectivity index (χ2n) is 7.47. The summed E-state index contributed by atoms with van der Waals surface area (Å²) in [5.74, 6) is 1.42. The van der Waals surface area contributed by atoms with Gasteiger partial charge in [0.2, 0.25) is 0 Å². The Hall–Kier alpha value is -0.980. The number of aryl methyl sites for hydroxylation is 3. The maximum absolute atomic E-state index is 10.1. The highest BCUT2D eigenvalue weighted by Crippen LogP contribution is 2.25. The summed E-state index contributed by atoms with van der Waals surface area (Å²) in [6.07, 6.45) is 14.6. The number of aromatic hydroxyl groups is 1. The lowest BCUT2D eigenvalue weighted by atomic mass is 9.98. The fraction of sp³-hybridized carbons (Fsp3) is 0.727. The molecule has 0 saturated carbocycles. The van der Waals surface area contributed by atoms with E-state index in [0.29, 0.717) is 5.75 Å². The molecule has 0 spiro atoms. The molecule has 0 heterocycles. The van der Waals surface area contributed by atoms with Crippen LogP contribution in [0.4, 0.5) is 0 Å². The molecule has 1 N–H and O–H groups in total. The van der Waals surface area contributed by atoms with Crippen LogP contribution in [0.2, 0.25) is 0 Å². The lowest BCUT2D eigenvalue weighted by Gasteiger charge is -2.09. The van der Waals surface area contributed by atoms with E-state index in [1.54, 1.807) is 0 Å². The van der Waals surface area contributed by atoms with Crippen molar-refractivity contribution < 1.29 is 5.11 Å². The zero-order chi connectivity index (χ0) is 17.1. The molecule has 0 saturated heterocycles. The van der Waals surface area contributed by atoms with Crippen LogP contribution >= 0.6 is 0 Å². The van der Waals surface area contributed by atoms with E-state index in [1.165, 1.54) is 69.8 Å². The van der Waals surface area contributed by atoms with E-state index in [4.69, 9.17) is 0 Å². The van der Waals surface area contributed by atoms with Crippen molar-refractivity contribution in [2.45, 2.75) is 98.3 Å². The SMILES string of the molecule is CCC(C)CCCCCCCCCCc1cc(C)cc(C)c1O. The Kier molecular flexibility index (Phi) is 10.1. The van der Waals surface area contributed by atoms with Gasteiger partial charge in [0.05, 0.1) is 0 Å². The summed E-state index contributed by atoms with van der Waals surface area (Å²) < 4.78 is 0. The molecular formula is C22H38O. The summed E-state index contributed by atoms with van der Waals surface area (Å²) in [6, 6.07) is 4.19. The Labute approximate surface area is 144 Å². The molecule has 0 aliphatic heterocycles. The molecule has 23 heavy (non-hydrogen) atoms. The van der Waals surface area contributed by atoms with E-state index in [9.17, 15) is 5.11 Å². The van der Waals surface area contributed by atoms with Gasteiger partial charge in [-0.3, -0.25) is 0 Å². The largest absolute Gasteiger partial charge is 0.507 e. The minimum atomic E-state index is 0.511. The normalized spacial score (nSPS) is 12.5. The third-order valence-electron chi connectivity index (χ3n) is 5.11. The predicted octanol–water partition coefficient (Wildman–Crippen LogP) is 7.11. The first-order chi connectivity index (χ1) is 11.0. The molecule has 0 amide bonds. The van der Waals surface area contributed by atoms with Crippen LogP contribution in [-0.4, -0.2) is 5.11 Å². The van der Waals surface area contributed by atoms with E-state index in [-0.39, 0.29) is 0 Å². The number of hydrogen-bond acceptors (Lipinski definition) is 1. The Morgan fingerprint density at radius 3 is 2.04 bits per heavy atom. The number of hydrogen-bond donors (Lipinski definition) is 1. The minimum Gasteiger partial charge on any atom is -0.507 e. The predicted molar refractivity (Wildman–Crippen MR) is 102 cm³/mol. The molecule has 1 aromatic carbocycles. The molecule has 132 valence electrons. The monoisotopic (exact) mass is 318 g/mol. The fourth-order valence-corrected chi connectivity index (χ4v) is 3.31. The van der Waals surface area contributed by atoms with Crippen LogP contribution in [0.1, 0.15) is 94.7 Å². The third kappa shape index (κ3) is 8.44. The van der Waals surface area contributed by atoms with E-state index >= 15 is 0 Å². The van der Waals surface area contributed by atoms with Crippen LogP contribution in [0.25, 0.3) is 0 Å². The van der Waals surface area contributed by atoms with Gasteiger partial charge in [0.1, 0.15) is 5.75 Å². The van der Waals surface area contributed by atoms with Crippen molar-refractivity contribution in [3.8, 4) is 5.75 Å². The second kappa shape index (κ2) is 11.5. The van der Waals surface area contributed by atoms with Crippen molar-refractivity contribution in [3.63, 3.8) is 0 Å². The molecule has 0 fully saturated rings. The highest BCUT2D eigenvalue weighted by atomic mass is 16.3. The van der Waals surface area contributed by atoms with E-state index in [0.717, 1.165) is 23.5 Å². The molecule has 0 radical (unpaired) electrons. The zero-order valence-corrected chi connectivity index (χ0v) is 16.0. The zero-order valence-electron chi connectivity index (χ0n) is 16.0. The number of phenols is 1. The smallest absolute Gasteiger partial charge is 0.121 e. The first-order valence-corrected chi connectivity index (χ1v) is 9.83. The van der Waals surface area contributed by atoms with Gasteiger partial charge in [0, 0.05) is 0 Å². The van der Waals surface area contributed by atoms with Gasteiger partial charge in [-0.2, -0.15) is 0 Å². The van der Waals surface area contributed by atoms with Gasteiger partial charge in [-0.1, -0.05) is 89.3 Å². The first kappa shape index (κ1) is 20.1. The van der Waals surface area contributed by atoms with Crippen LogP contribution < -0.4 is 0 Å². The van der Waals surface area contributed by atoms with Gasteiger partial charge in [-0.15, -0.1) is 0 Å². The van der Waals surface area contributed by atoms with E-state index < -0.39 is 0 Å². The minimum absolute atomic E-state index is 0.511. The average molecular weight is 319 g/mol. The van der Waals surface area contributed by atoms with Crippen LogP contribution in [0.15, 0.2) is 12.1 Å². The highest BCUT2D eigenvalue weighted by molar-refractivity contribution is 5.42. The van der Waals surface area contributed by atoms with Crippen molar-refractivity contribution in [1.82, 2.24) is 0 Å². The summed E-state index contributed by atoms with van der Waals surface area (Å²) >= 11 is 0. The summed E-state index contributed by atoms with van der Waals surface area (Å²) in [6.45, 7) is 8.76. The molecule has 1 aromatic rings. The maximum atomic E-state index is 10.1. The topological polar surface area (TPSA) is 20.2 Å². The lowest BCUT2D eigenvalue weighted by molar-refractivity contribution is 0.460. The molecule has 1 nitrogen and oxygen atoms in total. The number of unbranched alkanes of at least 4 members (excludes halogenated alkanes) is 7. The molecule has 1 atom stereocenters. The second-order valence-corrected chi connectivity index (χ2v) is 7.47. The quantitative estimate of drug-likeness (QED) is 0.407. The van der Waals surface area contributed by atoms with Crippen molar-refractivity contribution in [2.24, 2.45) is 5.92 Å². The number of rotatable bonds is 12. The summed E-state index contributed by atoms with van der Waals surface area (Å²) in [4.78, 5) is 0. The van der Waals surface area contributed by atoms with Crippen LogP contribution in [0.3, 0.4) is 0 Å². The number of benzene rings is 1. The standard InChI is InChI=1S/C22H38O/c1-5-18(2)14-12-10-8-6-7-9-11-13-15-21-17-19(3)16-20(4)22(21)23/h16-18,23H,5-15H2,1-4H3. The van der Waals surface area contributed by atoms with Gasteiger partial charge >= 0.3 is 0 Å². The Balaban J connectivity index is 2.02. The van der Waals surface area contributed by atoms with Gasteiger partial charge < -0.3 is 5.11 Å². The van der Waals surface area contributed by atoms with Crippen molar-refractivity contribution in [3.05, 3.63) is 28.8 Å². The van der Waals surface area contributed by atoms with Crippen molar-refractivity contribution in [1.29, 1.82) is 0 Å². The lowest BCUT2D eigenvalue weighted by Crippen LogP contribution is -1.92. The van der Waals surface area contributed by atoms with E-state index in [1.807, 2.05) is 6.92 Å². The number of phenolic OH excluding ortho intramolecular Hbond substituents is 1. The summed E-state index contributed by atoms with van der Waals surface area (Å²) in [7, 11) is 0.